The summed E-state index contributed by atoms with van der Waals surface area (Å²) in [5.74, 6) is 0.285. The zero-order valence-electron chi connectivity index (χ0n) is 20.1. The van der Waals surface area contributed by atoms with E-state index in [-0.39, 0.29) is 12.0 Å². The number of aliphatic hydroxyl groups excluding tert-OH is 1. The molecule has 2 atom stereocenters. The van der Waals surface area contributed by atoms with E-state index >= 15 is 0 Å². The third-order valence-corrected chi connectivity index (χ3v) is 6.22. The van der Waals surface area contributed by atoms with Gasteiger partial charge in [0.25, 0.3) is 0 Å². The molecule has 0 aromatic heterocycles. The summed E-state index contributed by atoms with van der Waals surface area (Å²) in [6.45, 7) is 17.9. The van der Waals surface area contributed by atoms with Gasteiger partial charge in [-0.05, 0) is 36.7 Å². The number of β-amino-alcohol motifs (C(OH)–C–C–N with tert-alkyl or cyclic N) is 1. The van der Waals surface area contributed by atoms with E-state index in [2.05, 4.69) is 103 Å². The second-order valence-corrected chi connectivity index (χ2v) is 8.61. The van der Waals surface area contributed by atoms with Crippen molar-refractivity contribution in [2.45, 2.75) is 46.9 Å². The Morgan fingerprint density at radius 2 is 1.16 bits per heavy atom. The fraction of sp³-hybridized carbons (Fsp3) is 0.556. The maximum atomic E-state index is 10.5. The van der Waals surface area contributed by atoms with E-state index in [1.165, 1.54) is 30.8 Å². The van der Waals surface area contributed by atoms with Gasteiger partial charge >= 0.3 is 0 Å². The molecule has 0 saturated carbocycles. The third kappa shape index (κ3) is 9.53. The van der Waals surface area contributed by atoms with Gasteiger partial charge in [0.2, 0.25) is 0 Å². The molecule has 0 amide bonds. The zero-order chi connectivity index (χ0) is 22.5. The Balaban J connectivity index is 0.000000423. The van der Waals surface area contributed by atoms with Crippen LogP contribution in [0.25, 0.3) is 0 Å². The maximum absolute atomic E-state index is 10.5. The van der Waals surface area contributed by atoms with Gasteiger partial charge in [0.15, 0.2) is 0 Å². The summed E-state index contributed by atoms with van der Waals surface area (Å²) in [4.78, 5) is 7.23. The van der Waals surface area contributed by atoms with Crippen molar-refractivity contribution >= 4 is 0 Å². The van der Waals surface area contributed by atoms with Gasteiger partial charge in [0, 0.05) is 39.3 Å². The molecule has 1 N–H and O–H groups in total. The smallest absolute Gasteiger partial charge is 0.0704 e. The average Bonchev–Trinajstić information content (AvgIpc) is 2.79. The minimum Gasteiger partial charge on any atom is -0.391 e. The van der Waals surface area contributed by atoms with Crippen molar-refractivity contribution in [1.82, 2.24) is 14.7 Å². The summed E-state index contributed by atoms with van der Waals surface area (Å²) in [7, 11) is 0. The van der Waals surface area contributed by atoms with Gasteiger partial charge in [0.1, 0.15) is 0 Å². The lowest BCUT2D eigenvalue weighted by molar-refractivity contribution is 0.0241. The number of aliphatic hydroxyl groups is 1. The van der Waals surface area contributed by atoms with Crippen LogP contribution in [-0.4, -0.2) is 71.7 Å². The van der Waals surface area contributed by atoms with E-state index in [0.29, 0.717) is 0 Å². The Kier molecular flexibility index (Phi) is 11.8. The normalized spacial score (nSPS) is 20.6. The second kappa shape index (κ2) is 14.4. The van der Waals surface area contributed by atoms with Crippen molar-refractivity contribution in [2.24, 2.45) is 5.92 Å². The van der Waals surface area contributed by atoms with Crippen molar-refractivity contribution in [3.63, 3.8) is 0 Å². The van der Waals surface area contributed by atoms with Gasteiger partial charge in [-0.1, -0.05) is 88.4 Å². The van der Waals surface area contributed by atoms with Crippen LogP contribution in [0.3, 0.4) is 0 Å². The molecule has 0 spiro atoms. The molecule has 4 heteroatoms. The molecule has 0 unspecified atom stereocenters. The molecule has 1 aliphatic heterocycles. The Morgan fingerprint density at radius 1 is 0.742 bits per heavy atom. The minimum absolute atomic E-state index is 0.271. The Hall–Kier alpha value is -1.72. The van der Waals surface area contributed by atoms with Gasteiger partial charge in [-0.15, -0.1) is 0 Å². The quantitative estimate of drug-likeness (QED) is 0.714. The zero-order valence-corrected chi connectivity index (χ0v) is 20.1. The molecule has 2 aromatic carbocycles. The van der Waals surface area contributed by atoms with Crippen LogP contribution in [-0.2, 0) is 13.1 Å². The molecule has 3 rings (SSSR count). The molecule has 1 saturated heterocycles. The number of nitrogens with zero attached hydrogens (tertiary/aromatic N) is 3. The summed E-state index contributed by atoms with van der Waals surface area (Å²) in [6, 6.07) is 21.2. The first kappa shape index (κ1) is 25.5. The van der Waals surface area contributed by atoms with Gasteiger partial charge in [-0.3, -0.25) is 9.80 Å². The molecule has 0 bridgehead atoms. The first-order chi connectivity index (χ1) is 15.0. The highest BCUT2D eigenvalue weighted by Gasteiger charge is 2.24. The topological polar surface area (TPSA) is 30.0 Å². The fourth-order valence-electron chi connectivity index (χ4n) is 4.08. The molecule has 2 aromatic rings. The number of hydrogen-bond acceptors (Lipinski definition) is 4. The lowest BCUT2D eigenvalue weighted by atomic mass is 10.0. The molecule has 0 radical (unpaired) electrons. The SMILES string of the molecule is CCN(CC)CC.C[C@H]1CN(Cc2ccccc2)CCN(Cc2ccccc2)C[C@H]1O. The van der Waals surface area contributed by atoms with E-state index < -0.39 is 0 Å². The Bertz CT molecular complexity index is 629. The first-order valence-electron chi connectivity index (χ1n) is 12.0. The summed E-state index contributed by atoms with van der Waals surface area (Å²) in [5.41, 5.74) is 2.65. The van der Waals surface area contributed by atoms with Crippen LogP contribution >= 0.6 is 0 Å². The predicted octanol–water partition coefficient (Wildman–Crippen LogP) is 4.35. The lowest BCUT2D eigenvalue weighted by Gasteiger charge is -2.36. The van der Waals surface area contributed by atoms with Crippen LogP contribution in [0.2, 0.25) is 0 Å². The van der Waals surface area contributed by atoms with E-state index in [1.54, 1.807) is 0 Å². The number of hydrogen-bond donors (Lipinski definition) is 1. The Morgan fingerprint density at radius 3 is 1.55 bits per heavy atom. The van der Waals surface area contributed by atoms with Crippen LogP contribution in [0.1, 0.15) is 38.8 Å². The molecule has 4 nitrogen and oxygen atoms in total. The molecule has 1 heterocycles. The molecule has 31 heavy (non-hydrogen) atoms. The first-order valence-corrected chi connectivity index (χ1v) is 12.0. The summed E-state index contributed by atoms with van der Waals surface area (Å²) in [6.07, 6.45) is -0.271. The number of rotatable bonds is 7. The van der Waals surface area contributed by atoms with Crippen molar-refractivity contribution < 1.29 is 5.11 Å². The summed E-state index contributed by atoms with van der Waals surface area (Å²) in [5, 5.41) is 10.5. The summed E-state index contributed by atoms with van der Waals surface area (Å²) >= 11 is 0. The molecule has 172 valence electrons. The van der Waals surface area contributed by atoms with Gasteiger partial charge in [-0.25, -0.2) is 0 Å². The monoisotopic (exact) mass is 425 g/mol. The van der Waals surface area contributed by atoms with Crippen LogP contribution in [0.4, 0.5) is 0 Å². The van der Waals surface area contributed by atoms with Crippen LogP contribution < -0.4 is 0 Å². The fourth-order valence-corrected chi connectivity index (χ4v) is 4.08. The standard InChI is InChI=1S/C21H28N2O.C6H15N/c1-18-14-22(15-19-8-4-2-5-9-19)12-13-23(17-21(18)24)16-20-10-6-3-7-11-20;1-4-7(5-2)6-3/h2-11,18,21,24H,12-17H2,1H3;4-6H2,1-3H3/t18-,21+;/m0./s1. The predicted molar refractivity (Wildman–Crippen MR) is 132 cm³/mol. The molecule has 0 aliphatic carbocycles. The van der Waals surface area contributed by atoms with E-state index in [0.717, 1.165) is 39.3 Å². The van der Waals surface area contributed by atoms with Crippen molar-refractivity contribution in [3.05, 3.63) is 71.8 Å². The lowest BCUT2D eigenvalue weighted by Crippen LogP contribution is -2.47. The average molecular weight is 426 g/mol. The molecule has 1 aliphatic rings. The van der Waals surface area contributed by atoms with E-state index in [4.69, 9.17) is 0 Å². The van der Waals surface area contributed by atoms with E-state index in [9.17, 15) is 5.11 Å². The van der Waals surface area contributed by atoms with Crippen molar-refractivity contribution in [1.29, 1.82) is 0 Å². The Labute approximate surface area is 190 Å². The van der Waals surface area contributed by atoms with Crippen LogP contribution in [0, 0.1) is 5.92 Å². The highest BCUT2D eigenvalue weighted by molar-refractivity contribution is 5.15. The largest absolute Gasteiger partial charge is 0.391 e. The van der Waals surface area contributed by atoms with Crippen LogP contribution in [0.15, 0.2) is 60.7 Å². The molecule has 1 fully saturated rings. The van der Waals surface area contributed by atoms with Gasteiger partial charge in [0.05, 0.1) is 6.10 Å². The van der Waals surface area contributed by atoms with Crippen molar-refractivity contribution in [3.8, 4) is 0 Å². The molecular formula is C27H43N3O. The highest BCUT2D eigenvalue weighted by atomic mass is 16.3. The van der Waals surface area contributed by atoms with Crippen LogP contribution in [0.5, 0.6) is 0 Å². The minimum atomic E-state index is -0.271. The molecular weight excluding hydrogens is 382 g/mol. The summed E-state index contributed by atoms with van der Waals surface area (Å²) < 4.78 is 0. The van der Waals surface area contributed by atoms with Gasteiger partial charge < -0.3 is 10.0 Å². The second-order valence-electron chi connectivity index (χ2n) is 8.61. The highest BCUT2D eigenvalue weighted by Crippen LogP contribution is 2.16. The van der Waals surface area contributed by atoms with Crippen molar-refractivity contribution in [2.75, 3.05) is 45.8 Å². The third-order valence-electron chi connectivity index (χ3n) is 6.22. The van der Waals surface area contributed by atoms with E-state index in [1.807, 2.05) is 0 Å². The maximum Gasteiger partial charge on any atom is 0.0704 e. The van der Waals surface area contributed by atoms with Gasteiger partial charge in [-0.2, -0.15) is 0 Å². The number of benzene rings is 2.